The van der Waals surface area contributed by atoms with Gasteiger partial charge in [-0.2, -0.15) is 15.0 Å². The van der Waals surface area contributed by atoms with Gasteiger partial charge in [0.25, 0.3) is 6.47 Å². The fourth-order valence-corrected chi connectivity index (χ4v) is 4.55. The van der Waals surface area contributed by atoms with E-state index in [1.54, 1.807) is 10.6 Å². The van der Waals surface area contributed by atoms with E-state index in [9.17, 15) is 9.50 Å². The zero-order valence-corrected chi connectivity index (χ0v) is 19.8. The predicted octanol–water partition coefficient (Wildman–Crippen LogP) is 3.46. The van der Waals surface area contributed by atoms with Gasteiger partial charge in [-0.3, -0.25) is 9.20 Å². The molecule has 0 fully saturated rings. The lowest BCUT2D eigenvalue weighted by atomic mass is 9.82. The number of rotatable bonds is 3. The van der Waals surface area contributed by atoms with Crippen molar-refractivity contribution in [3.63, 3.8) is 0 Å². The van der Waals surface area contributed by atoms with Crippen molar-refractivity contribution in [2.24, 2.45) is 0 Å². The second kappa shape index (κ2) is 8.91. The lowest BCUT2D eigenvalue weighted by Gasteiger charge is -2.41. The molecule has 0 bridgehead atoms. The van der Waals surface area contributed by atoms with Gasteiger partial charge in [-0.15, -0.1) is 0 Å². The molecule has 0 atom stereocenters. The van der Waals surface area contributed by atoms with Crippen LogP contribution in [0.25, 0.3) is 28.3 Å². The van der Waals surface area contributed by atoms with E-state index in [4.69, 9.17) is 14.9 Å². The van der Waals surface area contributed by atoms with Crippen molar-refractivity contribution in [3.05, 3.63) is 60.6 Å². The third-order valence-electron chi connectivity index (χ3n) is 5.44. The molecule has 0 spiro atoms. The maximum Gasteiger partial charge on any atom is 0.290 e. The van der Waals surface area contributed by atoms with Crippen molar-refractivity contribution in [1.29, 1.82) is 0 Å². The highest BCUT2D eigenvalue weighted by Crippen LogP contribution is 2.35. The molecule has 11 heteroatoms. The number of nitrogens with one attached hydrogen (secondary N) is 1. The number of phenolic OH excluding ortho intramolecular Hbond substituents is 1. The second-order valence-corrected chi connectivity index (χ2v) is 9.47. The Bertz CT molecular complexity index is 1390. The molecule has 4 heterocycles. The van der Waals surface area contributed by atoms with Crippen LogP contribution in [-0.4, -0.2) is 57.1 Å². The summed E-state index contributed by atoms with van der Waals surface area (Å²) < 4.78 is 16.7. The van der Waals surface area contributed by atoms with Crippen molar-refractivity contribution >= 4 is 17.8 Å². The number of carboxylic acid groups (broad SMARTS) is 1. The smallest absolute Gasteiger partial charge is 0.290 e. The molecular weight excluding hydrogens is 453 g/mol. The highest BCUT2D eigenvalue weighted by atomic mass is 19.1. The zero-order chi connectivity index (χ0) is 25.4. The Morgan fingerprint density at radius 3 is 2.40 bits per heavy atom. The van der Waals surface area contributed by atoms with Gasteiger partial charge in [-0.05, 0) is 45.8 Å². The van der Waals surface area contributed by atoms with Crippen LogP contribution >= 0.6 is 0 Å². The van der Waals surface area contributed by atoms with Crippen molar-refractivity contribution in [1.82, 2.24) is 34.7 Å². The van der Waals surface area contributed by atoms with E-state index < -0.39 is 5.82 Å². The minimum absolute atomic E-state index is 0.0105. The average molecular weight is 480 g/mol. The van der Waals surface area contributed by atoms with E-state index in [1.807, 2.05) is 12.3 Å². The molecule has 182 valence electrons. The lowest BCUT2D eigenvalue weighted by molar-refractivity contribution is -0.122. The molecule has 1 aliphatic heterocycles. The minimum Gasteiger partial charge on any atom is -0.507 e. The molecule has 5 rings (SSSR count). The summed E-state index contributed by atoms with van der Waals surface area (Å²) in [4.78, 5) is 18.8. The number of imidazole rings is 1. The lowest BCUT2D eigenvalue weighted by Crippen LogP contribution is -2.53. The Morgan fingerprint density at radius 2 is 1.77 bits per heavy atom. The number of aromatic nitrogens is 6. The highest BCUT2D eigenvalue weighted by molar-refractivity contribution is 5.72. The molecule has 1 aromatic carbocycles. The standard InChI is InChI=1S/C23H24FN7O.CH2O2/c1-22(2)11-14(12-23(3,4)29-22)17-5-8-30-13-18(28-21(30)27-17)20-16(24)9-15(10-19(20)32)31-25-6-7-26-31;2-1-3/h5-11,13,29,32H,12H2,1-4H3;1H,(H,2,3). The number of hydrogen-bond donors (Lipinski definition) is 3. The summed E-state index contributed by atoms with van der Waals surface area (Å²) in [5.41, 5.74) is 2.37. The van der Waals surface area contributed by atoms with Gasteiger partial charge in [-0.1, -0.05) is 6.08 Å². The molecule has 0 saturated heterocycles. The number of benzene rings is 1. The number of aromatic hydroxyl groups is 1. The number of hydrogen-bond acceptors (Lipinski definition) is 7. The fourth-order valence-electron chi connectivity index (χ4n) is 4.55. The van der Waals surface area contributed by atoms with Crippen LogP contribution in [0, 0.1) is 5.82 Å². The third-order valence-corrected chi connectivity index (χ3v) is 5.44. The SMILES string of the molecule is CC1(C)C=C(c2ccn3cc(-c4c(O)cc(-n5nccn5)cc4F)nc3n2)CC(C)(C)N1.O=CO. The highest BCUT2D eigenvalue weighted by Gasteiger charge is 2.33. The summed E-state index contributed by atoms with van der Waals surface area (Å²) in [6, 6.07) is 4.61. The molecule has 4 aromatic rings. The topological polar surface area (TPSA) is 130 Å². The normalized spacial score (nSPS) is 16.3. The molecule has 1 aliphatic rings. The first-order valence-corrected chi connectivity index (χ1v) is 10.9. The minimum atomic E-state index is -0.620. The maximum absolute atomic E-state index is 14.9. The summed E-state index contributed by atoms with van der Waals surface area (Å²) in [7, 11) is 0. The third kappa shape index (κ3) is 5.04. The molecule has 0 unspecified atom stereocenters. The monoisotopic (exact) mass is 479 g/mol. The molecule has 0 saturated carbocycles. The summed E-state index contributed by atoms with van der Waals surface area (Å²) >= 11 is 0. The Kier molecular flexibility index (Phi) is 6.12. The van der Waals surface area contributed by atoms with Crippen LogP contribution < -0.4 is 5.32 Å². The summed E-state index contributed by atoms with van der Waals surface area (Å²) in [6.45, 7) is 8.35. The van der Waals surface area contributed by atoms with Crippen LogP contribution in [0.4, 0.5) is 4.39 Å². The van der Waals surface area contributed by atoms with Crippen LogP contribution in [0.3, 0.4) is 0 Å². The van der Waals surface area contributed by atoms with E-state index >= 15 is 0 Å². The molecule has 0 amide bonds. The van der Waals surface area contributed by atoms with Crippen molar-refractivity contribution in [2.45, 2.75) is 45.2 Å². The molecule has 0 aliphatic carbocycles. The van der Waals surface area contributed by atoms with Crippen molar-refractivity contribution in [2.75, 3.05) is 0 Å². The summed E-state index contributed by atoms with van der Waals surface area (Å²) in [5.74, 6) is -0.430. The van der Waals surface area contributed by atoms with Gasteiger partial charge in [0, 0.05) is 35.6 Å². The zero-order valence-electron chi connectivity index (χ0n) is 19.8. The summed E-state index contributed by atoms with van der Waals surface area (Å²) in [6.07, 6.45) is 9.48. The predicted molar refractivity (Wildman–Crippen MR) is 128 cm³/mol. The van der Waals surface area contributed by atoms with E-state index in [0.29, 0.717) is 17.2 Å². The van der Waals surface area contributed by atoms with Gasteiger partial charge >= 0.3 is 0 Å². The van der Waals surface area contributed by atoms with Gasteiger partial charge in [-0.25, -0.2) is 14.4 Å². The first-order valence-electron chi connectivity index (χ1n) is 10.9. The van der Waals surface area contributed by atoms with Gasteiger partial charge in [0.15, 0.2) is 0 Å². The van der Waals surface area contributed by atoms with E-state index in [-0.39, 0.29) is 28.9 Å². The van der Waals surface area contributed by atoms with Gasteiger partial charge in [0.1, 0.15) is 11.6 Å². The number of phenols is 1. The Labute approximate surface area is 200 Å². The maximum atomic E-state index is 14.9. The number of nitrogens with zero attached hydrogens (tertiary/aromatic N) is 6. The van der Waals surface area contributed by atoms with Crippen LogP contribution in [0.1, 0.15) is 39.8 Å². The first-order chi connectivity index (χ1) is 16.5. The molecular formula is C24H26FN7O3. The molecule has 35 heavy (non-hydrogen) atoms. The van der Waals surface area contributed by atoms with Crippen molar-refractivity contribution < 1.29 is 19.4 Å². The van der Waals surface area contributed by atoms with Crippen molar-refractivity contribution in [3.8, 4) is 22.7 Å². The molecule has 10 nitrogen and oxygen atoms in total. The van der Waals surface area contributed by atoms with Crippen LogP contribution in [0.5, 0.6) is 5.75 Å². The van der Waals surface area contributed by atoms with Gasteiger partial charge < -0.3 is 15.5 Å². The molecule has 3 aromatic heterocycles. The van der Waals surface area contributed by atoms with Gasteiger partial charge in [0.05, 0.1) is 35.0 Å². The van der Waals surface area contributed by atoms with Gasteiger partial charge in [0.2, 0.25) is 5.78 Å². The van der Waals surface area contributed by atoms with E-state index in [1.165, 1.54) is 29.3 Å². The Hall–Kier alpha value is -4.12. The quantitative estimate of drug-likeness (QED) is 0.381. The fraction of sp³-hybridized carbons (Fsp3) is 0.292. The number of carbonyl (C=O) groups is 1. The number of fused-ring (bicyclic) bond motifs is 1. The first kappa shape index (κ1) is 24.0. The Balaban J connectivity index is 0.000000917. The molecule has 0 radical (unpaired) electrons. The number of halogens is 1. The average Bonchev–Trinajstić information content (AvgIpc) is 3.41. The van der Waals surface area contributed by atoms with E-state index in [2.05, 4.69) is 54.3 Å². The van der Waals surface area contributed by atoms with E-state index in [0.717, 1.165) is 17.7 Å². The van der Waals surface area contributed by atoms with Crippen LogP contribution in [-0.2, 0) is 4.79 Å². The Morgan fingerprint density at radius 1 is 1.11 bits per heavy atom. The summed E-state index contributed by atoms with van der Waals surface area (Å²) in [5, 5.41) is 29.0. The van der Waals surface area contributed by atoms with Crippen LogP contribution in [0.15, 0.2) is 49.1 Å². The second-order valence-electron chi connectivity index (χ2n) is 9.47. The largest absolute Gasteiger partial charge is 0.507 e. The molecule has 3 N–H and O–H groups in total. The van der Waals surface area contributed by atoms with Crippen LogP contribution in [0.2, 0.25) is 0 Å².